The fraction of sp³-hybridized carbons (Fsp3) is 0.0909. The first-order valence-electron chi connectivity index (χ1n) is 4.80. The lowest BCUT2D eigenvalue weighted by Gasteiger charge is -2.03. The van der Waals surface area contributed by atoms with E-state index in [0.717, 1.165) is 5.69 Å². The van der Waals surface area contributed by atoms with Crippen molar-refractivity contribution in [3.05, 3.63) is 50.4 Å². The van der Waals surface area contributed by atoms with E-state index in [0.29, 0.717) is 20.8 Å². The first-order chi connectivity index (χ1) is 8.16. The number of carbonyl (C=O) groups excluding carboxylic acids is 1. The molecule has 6 heteroatoms. The van der Waals surface area contributed by atoms with Gasteiger partial charge in [-0.1, -0.05) is 29.3 Å². The summed E-state index contributed by atoms with van der Waals surface area (Å²) in [7, 11) is 0. The molecule has 0 spiro atoms. The summed E-state index contributed by atoms with van der Waals surface area (Å²) in [6, 6.07) is 7.08. The normalized spacial score (nSPS) is 10.2. The molecule has 0 atom stereocenters. The van der Waals surface area contributed by atoms with Gasteiger partial charge in [-0.3, -0.25) is 9.78 Å². The second kappa shape index (κ2) is 5.49. The van der Waals surface area contributed by atoms with Gasteiger partial charge in [0.1, 0.15) is 4.34 Å². The van der Waals surface area contributed by atoms with Crippen LogP contribution in [0.4, 0.5) is 0 Å². The summed E-state index contributed by atoms with van der Waals surface area (Å²) in [5.41, 5.74) is 1.19. The molecule has 0 bridgehead atoms. The second-order valence-electron chi connectivity index (χ2n) is 3.24. The fourth-order valence-corrected chi connectivity index (χ4v) is 2.72. The summed E-state index contributed by atoms with van der Waals surface area (Å²) < 4.78 is 0.895. The maximum absolute atomic E-state index is 11.8. The lowest BCUT2D eigenvalue weighted by molar-refractivity contribution is 0.0951. The van der Waals surface area contributed by atoms with Crippen molar-refractivity contribution in [3.8, 4) is 0 Å². The zero-order chi connectivity index (χ0) is 12.3. The second-order valence-corrected chi connectivity index (χ2v) is 5.53. The number of amides is 1. The summed E-state index contributed by atoms with van der Waals surface area (Å²) in [5.74, 6) is -0.246. The fourth-order valence-electron chi connectivity index (χ4n) is 1.26. The van der Waals surface area contributed by atoms with E-state index in [1.54, 1.807) is 12.3 Å². The van der Waals surface area contributed by atoms with Crippen LogP contribution in [0.25, 0.3) is 0 Å². The van der Waals surface area contributed by atoms with E-state index in [1.165, 1.54) is 11.3 Å². The van der Waals surface area contributed by atoms with Gasteiger partial charge in [0.15, 0.2) is 0 Å². The van der Waals surface area contributed by atoms with Gasteiger partial charge in [0, 0.05) is 6.20 Å². The van der Waals surface area contributed by atoms with Crippen LogP contribution < -0.4 is 5.32 Å². The number of pyridine rings is 1. The molecule has 2 aromatic heterocycles. The first-order valence-corrected chi connectivity index (χ1v) is 6.37. The van der Waals surface area contributed by atoms with E-state index in [9.17, 15) is 4.79 Å². The van der Waals surface area contributed by atoms with Gasteiger partial charge in [-0.05, 0) is 18.2 Å². The SMILES string of the molecule is O=C(NCc1ccccn1)c1cc(Cl)sc1Cl. The minimum absolute atomic E-state index is 0.246. The predicted octanol–water partition coefficient (Wildman–Crippen LogP) is 3.38. The maximum Gasteiger partial charge on any atom is 0.254 e. The van der Waals surface area contributed by atoms with E-state index >= 15 is 0 Å². The smallest absolute Gasteiger partial charge is 0.254 e. The Morgan fingerprint density at radius 1 is 1.41 bits per heavy atom. The van der Waals surface area contributed by atoms with Crippen LogP contribution in [0.15, 0.2) is 30.5 Å². The number of hydrogen-bond donors (Lipinski definition) is 1. The van der Waals surface area contributed by atoms with Crippen LogP contribution >= 0.6 is 34.5 Å². The Morgan fingerprint density at radius 3 is 2.82 bits per heavy atom. The predicted molar refractivity (Wildman–Crippen MR) is 69.7 cm³/mol. The first kappa shape index (κ1) is 12.4. The lowest BCUT2D eigenvalue weighted by Crippen LogP contribution is -2.22. The van der Waals surface area contributed by atoms with Gasteiger partial charge < -0.3 is 5.32 Å². The standard InChI is InChI=1S/C11H8Cl2N2OS/c12-9-5-8(10(13)17-9)11(16)15-6-7-3-1-2-4-14-7/h1-5H,6H2,(H,15,16). The number of thiophene rings is 1. The van der Waals surface area contributed by atoms with Gasteiger partial charge in [-0.2, -0.15) is 0 Å². The van der Waals surface area contributed by atoms with Crippen LogP contribution in [0.5, 0.6) is 0 Å². The van der Waals surface area contributed by atoms with Crippen LogP contribution in [0.3, 0.4) is 0 Å². The minimum Gasteiger partial charge on any atom is -0.346 e. The number of nitrogens with zero attached hydrogens (tertiary/aromatic N) is 1. The maximum atomic E-state index is 11.8. The Labute approximate surface area is 112 Å². The van der Waals surface area contributed by atoms with Gasteiger partial charge in [0.05, 0.1) is 22.1 Å². The molecular weight excluding hydrogens is 279 g/mol. The number of rotatable bonds is 3. The van der Waals surface area contributed by atoms with Crippen LogP contribution in [0, 0.1) is 0 Å². The highest BCUT2D eigenvalue weighted by molar-refractivity contribution is 7.20. The molecule has 0 saturated carbocycles. The monoisotopic (exact) mass is 286 g/mol. The van der Waals surface area contributed by atoms with Crippen molar-refractivity contribution in [2.45, 2.75) is 6.54 Å². The highest BCUT2D eigenvalue weighted by Gasteiger charge is 2.13. The molecule has 88 valence electrons. The highest BCUT2D eigenvalue weighted by Crippen LogP contribution is 2.30. The zero-order valence-electron chi connectivity index (χ0n) is 8.61. The topological polar surface area (TPSA) is 42.0 Å². The number of aromatic nitrogens is 1. The third-order valence-electron chi connectivity index (χ3n) is 2.06. The van der Waals surface area contributed by atoms with Crippen molar-refractivity contribution in [1.82, 2.24) is 10.3 Å². The number of carbonyl (C=O) groups is 1. The molecule has 0 aliphatic carbocycles. The van der Waals surface area contributed by atoms with Gasteiger partial charge in [0.25, 0.3) is 5.91 Å². The van der Waals surface area contributed by atoms with Crippen molar-refractivity contribution in [2.24, 2.45) is 0 Å². The molecule has 0 unspecified atom stereocenters. The Bertz CT molecular complexity index is 528. The molecule has 2 heterocycles. The molecule has 1 N–H and O–H groups in total. The Hall–Kier alpha value is -1.10. The van der Waals surface area contributed by atoms with Gasteiger partial charge >= 0.3 is 0 Å². The molecular formula is C11H8Cl2N2OS. The third kappa shape index (κ3) is 3.19. The molecule has 17 heavy (non-hydrogen) atoms. The number of nitrogens with one attached hydrogen (secondary N) is 1. The highest BCUT2D eigenvalue weighted by atomic mass is 35.5. The molecule has 1 amide bonds. The van der Waals surface area contributed by atoms with E-state index in [2.05, 4.69) is 10.3 Å². The van der Waals surface area contributed by atoms with Crippen LogP contribution in [-0.4, -0.2) is 10.9 Å². The lowest BCUT2D eigenvalue weighted by atomic mass is 10.3. The van der Waals surface area contributed by atoms with Crippen molar-refractivity contribution in [2.75, 3.05) is 0 Å². The van der Waals surface area contributed by atoms with Crippen molar-refractivity contribution in [1.29, 1.82) is 0 Å². The minimum atomic E-state index is -0.246. The summed E-state index contributed by atoms with van der Waals surface area (Å²) in [6.07, 6.45) is 1.68. The molecule has 0 aliphatic heterocycles. The molecule has 0 saturated heterocycles. The quantitative estimate of drug-likeness (QED) is 0.940. The summed E-state index contributed by atoms with van der Waals surface area (Å²) in [6.45, 7) is 0.365. The van der Waals surface area contributed by atoms with Crippen LogP contribution in [-0.2, 0) is 6.54 Å². The molecule has 2 rings (SSSR count). The third-order valence-corrected chi connectivity index (χ3v) is 3.55. The van der Waals surface area contributed by atoms with Crippen LogP contribution in [0.2, 0.25) is 8.67 Å². The molecule has 0 aromatic carbocycles. The van der Waals surface area contributed by atoms with E-state index < -0.39 is 0 Å². The van der Waals surface area contributed by atoms with Crippen molar-refractivity contribution >= 4 is 40.4 Å². The van der Waals surface area contributed by atoms with Crippen LogP contribution in [0.1, 0.15) is 16.1 Å². The summed E-state index contributed by atoms with van der Waals surface area (Å²) >= 11 is 12.8. The molecule has 2 aromatic rings. The Kier molecular flexibility index (Phi) is 3.99. The van der Waals surface area contributed by atoms with Gasteiger partial charge in [0.2, 0.25) is 0 Å². The Morgan fingerprint density at radius 2 is 2.24 bits per heavy atom. The molecule has 0 aliphatic rings. The number of halogens is 2. The van der Waals surface area contributed by atoms with Crippen molar-refractivity contribution in [3.63, 3.8) is 0 Å². The van der Waals surface area contributed by atoms with Gasteiger partial charge in [-0.25, -0.2) is 0 Å². The zero-order valence-corrected chi connectivity index (χ0v) is 10.9. The van der Waals surface area contributed by atoms with E-state index in [1.807, 2.05) is 18.2 Å². The average Bonchev–Trinajstić information content (AvgIpc) is 2.67. The van der Waals surface area contributed by atoms with E-state index in [4.69, 9.17) is 23.2 Å². The van der Waals surface area contributed by atoms with Crippen molar-refractivity contribution < 1.29 is 4.79 Å². The van der Waals surface area contributed by atoms with Gasteiger partial charge in [-0.15, -0.1) is 11.3 Å². The average molecular weight is 287 g/mol. The summed E-state index contributed by atoms with van der Waals surface area (Å²) in [5, 5.41) is 2.73. The molecule has 0 fully saturated rings. The largest absolute Gasteiger partial charge is 0.346 e. The Balaban J connectivity index is 2.01. The molecule has 0 radical (unpaired) electrons. The number of hydrogen-bond acceptors (Lipinski definition) is 3. The van der Waals surface area contributed by atoms with E-state index in [-0.39, 0.29) is 5.91 Å². The summed E-state index contributed by atoms with van der Waals surface area (Å²) in [4.78, 5) is 15.9. The molecule has 3 nitrogen and oxygen atoms in total.